The van der Waals surface area contributed by atoms with Crippen LogP contribution < -0.4 is 10.6 Å². The number of benzene rings is 2. The summed E-state index contributed by atoms with van der Waals surface area (Å²) < 4.78 is 12.9. The van der Waals surface area contributed by atoms with Gasteiger partial charge in [-0.3, -0.25) is 4.99 Å². The first-order valence-corrected chi connectivity index (χ1v) is 7.57. The van der Waals surface area contributed by atoms with Crippen LogP contribution >= 0.6 is 0 Å². The molecule has 122 valence electrons. The third-order valence-corrected chi connectivity index (χ3v) is 3.60. The summed E-state index contributed by atoms with van der Waals surface area (Å²) in [5, 5.41) is 15.9. The molecule has 23 heavy (non-hydrogen) atoms. The number of nitrogens with zero attached hydrogens (tertiary/aromatic N) is 1. The largest absolute Gasteiger partial charge is 0.396 e. The standard InChI is InChI=1S/C18H22FN3O/c1-20-18(21-11-14-7-9-17(19)10-8-14)22-12-16(13-23)15-5-3-2-4-6-15/h2-10,16,23H,11-13H2,1H3,(H2,20,21,22). The van der Waals surface area contributed by atoms with Crippen molar-refractivity contribution in [2.75, 3.05) is 20.2 Å². The molecule has 3 N–H and O–H groups in total. The topological polar surface area (TPSA) is 56.7 Å². The fraction of sp³-hybridized carbons (Fsp3) is 0.278. The van der Waals surface area contributed by atoms with E-state index in [0.717, 1.165) is 11.1 Å². The third kappa shape index (κ3) is 5.38. The second-order valence-electron chi connectivity index (χ2n) is 5.22. The first-order chi connectivity index (χ1) is 11.2. The second kappa shape index (κ2) is 8.90. The van der Waals surface area contributed by atoms with Gasteiger partial charge in [0.15, 0.2) is 5.96 Å². The number of hydrogen-bond acceptors (Lipinski definition) is 2. The van der Waals surface area contributed by atoms with Crippen molar-refractivity contribution in [3.63, 3.8) is 0 Å². The molecule has 0 heterocycles. The minimum atomic E-state index is -0.245. The van der Waals surface area contributed by atoms with Crippen molar-refractivity contribution in [3.05, 3.63) is 71.5 Å². The van der Waals surface area contributed by atoms with E-state index in [1.807, 2.05) is 30.3 Å². The average molecular weight is 315 g/mol. The van der Waals surface area contributed by atoms with Gasteiger partial charge in [-0.15, -0.1) is 0 Å². The summed E-state index contributed by atoms with van der Waals surface area (Å²) in [7, 11) is 1.69. The molecule has 0 aliphatic heterocycles. The Morgan fingerprint density at radius 1 is 1.09 bits per heavy atom. The summed E-state index contributed by atoms with van der Waals surface area (Å²) in [5.41, 5.74) is 2.05. The van der Waals surface area contributed by atoms with E-state index in [-0.39, 0.29) is 18.3 Å². The van der Waals surface area contributed by atoms with Crippen LogP contribution in [0.5, 0.6) is 0 Å². The molecule has 5 heteroatoms. The molecule has 0 spiro atoms. The quantitative estimate of drug-likeness (QED) is 0.566. The highest BCUT2D eigenvalue weighted by Gasteiger charge is 2.10. The minimum absolute atomic E-state index is 0.000529. The van der Waals surface area contributed by atoms with Crippen molar-refractivity contribution in [1.82, 2.24) is 10.6 Å². The van der Waals surface area contributed by atoms with Crippen LogP contribution in [-0.2, 0) is 6.54 Å². The Morgan fingerprint density at radius 3 is 2.39 bits per heavy atom. The molecule has 0 bridgehead atoms. The number of aliphatic imine (C=N–C) groups is 1. The van der Waals surface area contributed by atoms with Crippen molar-refractivity contribution in [2.24, 2.45) is 4.99 Å². The molecule has 2 rings (SSSR count). The van der Waals surface area contributed by atoms with Crippen molar-refractivity contribution in [3.8, 4) is 0 Å². The Morgan fingerprint density at radius 2 is 1.78 bits per heavy atom. The summed E-state index contributed by atoms with van der Waals surface area (Å²) in [6, 6.07) is 16.2. The van der Waals surface area contributed by atoms with E-state index in [1.54, 1.807) is 19.2 Å². The van der Waals surface area contributed by atoms with E-state index in [9.17, 15) is 9.50 Å². The summed E-state index contributed by atoms with van der Waals surface area (Å²) in [6.45, 7) is 1.19. The van der Waals surface area contributed by atoms with Gasteiger partial charge in [0.2, 0.25) is 0 Å². The van der Waals surface area contributed by atoms with Gasteiger partial charge in [0.1, 0.15) is 5.82 Å². The molecule has 2 aromatic rings. The molecule has 0 amide bonds. The predicted octanol–water partition coefficient (Wildman–Crippen LogP) is 2.27. The van der Waals surface area contributed by atoms with Crippen LogP contribution in [0.4, 0.5) is 4.39 Å². The fourth-order valence-electron chi connectivity index (χ4n) is 2.24. The molecule has 4 nitrogen and oxygen atoms in total. The number of rotatable bonds is 6. The Kier molecular flexibility index (Phi) is 6.56. The van der Waals surface area contributed by atoms with Crippen molar-refractivity contribution < 1.29 is 9.50 Å². The zero-order valence-corrected chi connectivity index (χ0v) is 13.2. The van der Waals surface area contributed by atoms with E-state index in [4.69, 9.17) is 0 Å². The van der Waals surface area contributed by atoms with Crippen molar-refractivity contribution in [2.45, 2.75) is 12.5 Å². The molecule has 2 aromatic carbocycles. The molecule has 0 radical (unpaired) electrons. The zero-order valence-electron chi connectivity index (χ0n) is 13.2. The van der Waals surface area contributed by atoms with Crippen LogP contribution in [0.15, 0.2) is 59.6 Å². The maximum absolute atomic E-state index is 12.9. The Labute approximate surface area is 136 Å². The highest BCUT2D eigenvalue weighted by Crippen LogP contribution is 2.13. The lowest BCUT2D eigenvalue weighted by atomic mass is 10.0. The third-order valence-electron chi connectivity index (χ3n) is 3.60. The predicted molar refractivity (Wildman–Crippen MR) is 90.9 cm³/mol. The van der Waals surface area contributed by atoms with Gasteiger partial charge in [-0.2, -0.15) is 0 Å². The molecular weight excluding hydrogens is 293 g/mol. The summed E-state index contributed by atoms with van der Waals surface area (Å²) in [4.78, 5) is 4.16. The first kappa shape index (κ1) is 17.0. The highest BCUT2D eigenvalue weighted by molar-refractivity contribution is 5.79. The molecule has 0 aromatic heterocycles. The summed E-state index contributed by atoms with van der Waals surface area (Å²) >= 11 is 0. The Bertz CT molecular complexity index is 614. The van der Waals surface area contributed by atoms with Crippen LogP contribution in [0, 0.1) is 5.82 Å². The number of halogens is 1. The van der Waals surface area contributed by atoms with E-state index in [2.05, 4.69) is 15.6 Å². The van der Waals surface area contributed by atoms with E-state index in [1.165, 1.54) is 12.1 Å². The van der Waals surface area contributed by atoms with E-state index >= 15 is 0 Å². The van der Waals surface area contributed by atoms with Gasteiger partial charge in [0.25, 0.3) is 0 Å². The molecule has 0 aliphatic carbocycles. The zero-order chi connectivity index (χ0) is 16.5. The van der Waals surface area contributed by atoms with Gasteiger partial charge >= 0.3 is 0 Å². The lowest BCUT2D eigenvalue weighted by Gasteiger charge is -2.18. The first-order valence-electron chi connectivity index (χ1n) is 7.57. The summed E-state index contributed by atoms with van der Waals surface area (Å²) in [6.07, 6.45) is 0. The maximum atomic E-state index is 12.9. The van der Waals surface area contributed by atoms with Crippen LogP contribution in [0.3, 0.4) is 0 Å². The molecule has 1 unspecified atom stereocenters. The molecule has 0 saturated carbocycles. The van der Waals surface area contributed by atoms with Crippen LogP contribution in [0.25, 0.3) is 0 Å². The molecule has 0 saturated heterocycles. The van der Waals surface area contributed by atoms with Gasteiger partial charge in [0, 0.05) is 26.1 Å². The Hall–Kier alpha value is -2.40. The monoisotopic (exact) mass is 315 g/mol. The van der Waals surface area contributed by atoms with Gasteiger partial charge in [-0.05, 0) is 23.3 Å². The van der Waals surface area contributed by atoms with Crippen molar-refractivity contribution >= 4 is 5.96 Å². The lowest BCUT2D eigenvalue weighted by Crippen LogP contribution is -2.39. The van der Waals surface area contributed by atoms with Gasteiger partial charge in [-0.25, -0.2) is 4.39 Å². The van der Waals surface area contributed by atoms with Gasteiger partial charge < -0.3 is 15.7 Å². The van der Waals surface area contributed by atoms with Crippen molar-refractivity contribution in [1.29, 1.82) is 0 Å². The van der Waals surface area contributed by atoms with Crippen LogP contribution in [-0.4, -0.2) is 31.3 Å². The number of aliphatic hydroxyl groups is 1. The highest BCUT2D eigenvalue weighted by atomic mass is 19.1. The lowest BCUT2D eigenvalue weighted by molar-refractivity contribution is 0.265. The van der Waals surface area contributed by atoms with E-state index in [0.29, 0.717) is 19.0 Å². The number of nitrogens with one attached hydrogen (secondary N) is 2. The molecule has 0 aliphatic rings. The van der Waals surface area contributed by atoms with E-state index < -0.39 is 0 Å². The van der Waals surface area contributed by atoms with Gasteiger partial charge in [-0.1, -0.05) is 42.5 Å². The smallest absolute Gasteiger partial charge is 0.191 e. The number of aliphatic hydroxyl groups excluding tert-OH is 1. The van der Waals surface area contributed by atoms with Crippen LogP contribution in [0.2, 0.25) is 0 Å². The second-order valence-corrected chi connectivity index (χ2v) is 5.22. The number of guanidine groups is 1. The fourth-order valence-corrected chi connectivity index (χ4v) is 2.24. The molecule has 0 fully saturated rings. The average Bonchev–Trinajstić information content (AvgIpc) is 2.60. The SMILES string of the molecule is CN=C(NCc1ccc(F)cc1)NCC(CO)c1ccccc1. The molecule has 1 atom stereocenters. The molecular formula is C18H22FN3O. The number of hydrogen-bond donors (Lipinski definition) is 3. The minimum Gasteiger partial charge on any atom is -0.396 e. The van der Waals surface area contributed by atoms with Gasteiger partial charge in [0.05, 0.1) is 6.61 Å². The Balaban J connectivity index is 1.85. The normalized spacial score (nSPS) is 12.7. The summed E-state index contributed by atoms with van der Waals surface area (Å²) in [5.74, 6) is 0.397. The van der Waals surface area contributed by atoms with Crippen LogP contribution in [0.1, 0.15) is 17.0 Å². The maximum Gasteiger partial charge on any atom is 0.191 e.